The highest BCUT2D eigenvalue weighted by molar-refractivity contribution is 6.29. The van der Waals surface area contributed by atoms with Crippen molar-refractivity contribution >= 4 is 23.2 Å². The molecule has 1 aromatic heterocycles. The van der Waals surface area contributed by atoms with Gasteiger partial charge >= 0.3 is 0 Å². The standard InChI is InChI=1S/C14H13ClN2O/c1-10-3-2-4-11(7-10)8-14(18)17-12-5-6-13(15)16-9-12/h2-7,9H,8H2,1H3,(H,17,18). The van der Waals surface area contributed by atoms with Crippen LogP contribution in [-0.4, -0.2) is 10.9 Å². The van der Waals surface area contributed by atoms with Crippen LogP contribution >= 0.6 is 11.6 Å². The molecule has 0 saturated heterocycles. The Morgan fingerprint density at radius 2 is 2.17 bits per heavy atom. The average molecular weight is 261 g/mol. The number of carbonyl (C=O) groups is 1. The second kappa shape index (κ2) is 5.65. The molecule has 18 heavy (non-hydrogen) atoms. The van der Waals surface area contributed by atoms with E-state index in [-0.39, 0.29) is 5.91 Å². The second-order valence-electron chi connectivity index (χ2n) is 4.08. The van der Waals surface area contributed by atoms with E-state index in [1.54, 1.807) is 12.1 Å². The molecule has 0 fully saturated rings. The molecule has 0 aliphatic rings. The molecule has 3 nitrogen and oxygen atoms in total. The molecule has 92 valence electrons. The van der Waals surface area contributed by atoms with Crippen LogP contribution in [0.1, 0.15) is 11.1 Å². The van der Waals surface area contributed by atoms with Gasteiger partial charge in [0.15, 0.2) is 0 Å². The van der Waals surface area contributed by atoms with Gasteiger partial charge < -0.3 is 5.32 Å². The van der Waals surface area contributed by atoms with Gasteiger partial charge in [0.25, 0.3) is 0 Å². The summed E-state index contributed by atoms with van der Waals surface area (Å²) in [7, 11) is 0. The number of halogens is 1. The summed E-state index contributed by atoms with van der Waals surface area (Å²) < 4.78 is 0. The van der Waals surface area contributed by atoms with Gasteiger partial charge in [-0.05, 0) is 24.6 Å². The van der Waals surface area contributed by atoms with Crippen LogP contribution in [0.5, 0.6) is 0 Å². The Balaban J connectivity index is 1.98. The summed E-state index contributed by atoms with van der Waals surface area (Å²) in [6.07, 6.45) is 1.89. The Hall–Kier alpha value is -1.87. The van der Waals surface area contributed by atoms with Gasteiger partial charge in [-0.2, -0.15) is 0 Å². The Labute approximate surface area is 111 Å². The molecular weight excluding hydrogens is 248 g/mol. The van der Waals surface area contributed by atoms with Crippen LogP contribution in [0.15, 0.2) is 42.6 Å². The van der Waals surface area contributed by atoms with E-state index in [4.69, 9.17) is 11.6 Å². The van der Waals surface area contributed by atoms with Gasteiger partial charge in [0.05, 0.1) is 18.3 Å². The predicted octanol–water partition coefficient (Wildman–Crippen LogP) is 3.22. The number of amides is 1. The van der Waals surface area contributed by atoms with Crippen molar-refractivity contribution < 1.29 is 4.79 Å². The van der Waals surface area contributed by atoms with Gasteiger partial charge in [0.1, 0.15) is 5.15 Å². The van der Waals surface area contributed by atoms with Crippen molar-refractivity contribution in [2.24, 2.45) is 0 Å². The summed E-state index contributed by atoms with van der Waals surface area (Å²) >= 11 is 5.67. The SMILES string of the molecule is Cc1cccc(CC(=O)Nc2ccc(Cl)nc2)c1. The zero-order chi connectivity index (χ0) is 13.0. The summed E-state index contributed by atoms with van der Waals surface area (Å²) in [4.78, 5) is 15.7. The summed E-state index contributed by atoms with van der Waals surface area (Å²) in [5, 5.41) is 3.19. The van der Waals surface area contributed by atoms with Crippen LogP contribution in [-0.2, 0) is 11.2 Å². The monoisotopic (exact) mass is 260 g/mol. The van der Waals surface area contributed by atoms with Gasteiger partial charge in [-0.1, -0.05) is 41.4 Å². The zero-order valence-electron chi connectivity index (χ0n) is 9.98. The molecule has 0 unspecified atom stereocenters. The Morgan fingerprint density at radius 3 is 2.83 bits per heavy atom. The minimum atomic E-state index is -0.0651. The molecule has 2 rings (SSSR count). The van der Waals surface area contributed by atoms with Crippen LogP contribution in [0, 0.1) is 6.92 Å². The number of rotatable bonds is 3. The normalized spacial score (nSPS) is 10.1. The number of nitrogens with one attached hydrogen (secondary N) is 1. The van der Waals surface area contributed by atoms with Gasteiger partial charge in [0, 0.05) is 0 Å². The number of pyridine rings is 1. The molecule has 1 aromatic carbocycles. The van der Waals surface area contributed by atoms with E-state index >= 15 is 0 Å². The van der Waals surface area contributed by atoms with Crippen molar-refractivity contribution in [3.05, 3.63) is 58.9 Å². The lowest BCUT2D eigenvalue weighted by atomic mass is 10.1. The molecular formula is C14H13ClN2O. The highest BCUT2D eigenvalue weighted by atomic mass is 35.5. The Kier molecular flexibility index (Phi) is 3.95. The van der Waals surface area contributed by atoms with Gasteiger partial charge in [-0.3, -0.25) is 4.79 Å². The lowest BCUT2D eigenvalue weighted by Gasteiger charge is -2.05. The summed E-state index contributed by atoms with van der Waals surface area (Å²) in [5.41, 5.74) is 2.79. The average Bonchev–Trinajstić information content (AvgIpc) is 2.32. The molecule has 0 atom stereocenters. The van der Waals surface area contributed by atoms with Crippen molar-refractivity contribution in [2.45, 2.75) is 13.3 Å². The number of aryl methyl sites for hydroxylation is 1. The molecule has 0 aliphatic heterocycles. The predicted molar refractivity (Wildman–Crippen MR) is 72.8 cm³/mol. The molecule has 0 saturated carbocycles. The highest BCUT2D eigenvalue weighted by Crippen LogP contribution is 2.11. The number of nitrogens with zero attached hydrogens (tertiary/aromatic N) is 1. The van der Waals surface area contributed by atoms with E-state index in [2.05, 4.69) is 10.3 Å². The van der Waals surface area contributed by atoms with Gasteiger partial charge in [-0.15, -0.1) is 0 Å². The third-order valence-electron chi connectivity index (χ3n) is 2.46. The van der Waals surface area contributed by atoms with Crippen molar-refractivity contribution in [2.75, 3.05) is 5.32 Å². The van der Waals surface area contributed by atoms with Crippen LogP contribution in [0.4, 0.5) is 5.69 Å². The van der Waals surface area contributed by atoms with Gasteiger partial charge in [-0.25, -0.2) is 4.98 Å². The first-order chi connectivity index (χ1) is 8.63. The largest absolute Gasteiger partial charge is 0.324 e. The minimum Gasteiger partial charge on any atom is -0.324 e. The first kappa shape index (κ1) is 12.6. The first-order valence-electron chi connectivity index (χ1n) is 5.60. The summed E-state index contributed by atoms with van der Waals surface area (Å²) in [6, 6.07) is 11.3. The number of hydrogen-bond donors (Lipinski definition) is 1. The molecule has 1 N–H and O–H groups in total. The maximum atomic E-state index is 11.8. The smallest absolute Gasteiger partial charge is 0.228 e. The lowest BCUT2D eigenvalue weighted by Crippen LogP contribution is -2.14. The topological polar surface area (TPSA) is 42.0 Å². The fraction of sp³-hybridized carbons (Fsp3) is 0.143. The molecule has 0 bridgehead atoms. The van der Waals surface area contributed by atoms with Crippen molar-refractivity contribution in [3.8, 4) is 0 Å². The fourth-order valence-corrected chi connectivity index (χ4v) is 1.77. The van der Waals surface area contributed by atoms with Crippen LogP contribution in [0.3, 0.4) is 0 Å². The van der Waals surface area contributed by atoms with E-state index in [0.717, 1.165) is 11.1 Å². The molecule has 0 aliphatic carbocycles. The number of anilines is 1. The van der Waals surface area contributed by atoms with Gasteiger partial charge in [0.2, 0.25) is 5.91 Å². The molecule has 4 heteroatoms. The molecule has 1 amide bonds. The Bertz CT molecular complexity index is 552. The molecule has 1 heterocycles. The summed E-state index contributed by atoms with van der Waals surface area (Å²) in [5.74, 6) is -0.0651. The first-order valence-corrected chi connectivity index (χ1v) is 5.98. The lowest BCUT2D eigenvalue weighted by molar-refractivity contribution is -0.115. The number of benzene rings is 1. The fourth-order valence-electron chi connectivity index (χ4n) is 1.66. The molecule has 0 spiro atoms. The van der Waals surface area contributed by atoms with E-state index in [1.165, 1.54) is 6.20 Å². The third-order valence-corrected chi connectivity index (χ3v) is 2.68. The number of aromatic nitrogens is 1. The number of hydrogen-bond acceptors (Lipinski definition) is 2. The van der Waals surface area contributed by atoms with E-state index in [1.807, 2.05) is 31.2 Å². The summed E-state index contributed by atoms with van der Waals surface area (Å²) in [6.45, 7) is 2.00. The highest BCUT2D eigenvalue weighted by Gasteiger charge is 2.04. The van der Waals surface area contributed by atoms with Crippen LogP contribution in [0.25, 0.3) is 0 Å². The van der Waals surface area contributed by atoms with E-state index < -0.39 is 0 Å². The Morgan fingerprint density at radius 1 is 1.33 bits per heavy atom. The second-order valence-corrected chi connectivity index (χ2v) is 4.47. The molecule has 0 radical (unpaired) electrons. The van der Waals surface area contributed by atoms with Crippen molar-refractivity contribution in [1.29, 1.82) is 0 Å². The maximum absolute atomic E-state index is 11.8. The number of carbonyl (C=O) groups excluding carboxylic acids is 1. The van der Waals surface area contributed by atoms with E-state index in [9.17, 15) is 4.79 Å². The maximum Gasteiger partial charge on any atom is 0.228 e. The van der Waals surface area contributed by atoms with E-state index in [0.29, 0.717) is 17.3 Å². The zero-order valence-corrected chi connectivity index (χ0v) is 10.7. The van der Waals surface area contributed by atoms with Crippen molar-refractivity contribution in [3.63, 3.8) is 0 Å². The van der Waals surface area contributed by atoms with Crippen molar-refractivity contribution in [1.82, 2.24) is 4.98 Å². The van der Waals surface area contributed by atoms with Crippen LogP contribution < -0.4 is 5.32 Å². The minimum absolute atomic E-state index is 0.0651. The molecule has 2 aromatic rings. The third kappa shape index (κ3) is 3.57. The van der Waals surface area contributed by atoms with Crippen LogP contribution in [0.2, 0.25) is 5.15 Å². The quantitative estimate of drug-likeness (QED) is 0.861.